The lowest BCUT2D eigenvalue weighted by Gasteiger charge is -2.29. The van der Waals surface area contributed by atoms with E-state index in [-0.39, 0.29) is 11.8 Å². The monoisotopic (exact) mass is 432 g/mol. The number of amides is 2. The molecule has 2 aromatic rings. The van der Waals surface area contributed by atoms with Gasteiger partial charge in [0.1, 0.15) is 5.00 Å². The Balaban J connectivity index is 1.75. The van der Waals surface area contributed by atoms with E-state index in [4.69, 9.17) is 11.6 Å². The van der Waals surface area contributed by atoms with E-state index in [0.717, 1.165) is 11.1 Å². The number of carbonyl (C=O) groups excluding carboxylic acids is 2. The van der Waals surface area contributed by atoms with Crippen molar-refractivity contribution in [2.45, 2.75) is 26.7 Å². The molecule has 0 saturated heterocycles. The first-order valence-corrected chi connectivity index (χ1v) is 10.4. The highest BCUT2D eigenvalue weighted by Crippen LogP contribution is 2.36. The van der Waals surface area contributed by atoms with Gasteiger partial charge in [-0.25, -0.2) is 0 Å². The Labute approximate surface area is 177 Å². The van der Waals surface area contributed by atoms with Gasteiger partial charge in [0.05, 0.1) is 17.4 Å². The second-order valence-corrected chi connectivity index (χ2v) is 8.49. The Hall–Kier alpha value is -2.64. The van der Waals surface area contributed by atoms with Crippen molar-refractivity contribution in [3.8, 4) is 0 Å². The fraction of sp³-hybridized carbons (Fsp3) is 0.286. The van der Waals surface area contributed by atoms with Crippen molar-refractivity contribution >= 4 is 51.4 Å². The van der Waals surface area contributed by atoms with E-state index < -0.39 is 17.8 Å². The van der Waals surface area contributed by atoms with Crippen molar-refractivity contribution < 1.29 is 19.5 Å². The van der Waals surface area contributed by atoms with Gasteiger partial charge in [0.25, 0.3) is 5.91 Å². The molecule has 1 aromatic heterocycles. The Kier molecular flexibility index (Phi) is 6.39. The molecule has 2 atom stereocenters. The SMILES string of the molecule is CC1=C(C)C[C@H](C(=O)Nc2sccc2C(=O)Nc2ccc(Cl)cc2)[C@@H](C(=O)O)C1. The number of anilines is 2. The average molecular weight is 433 g/mol. The molecule has 0 aliphatic heterocycles. The minimum atomic E-state index is -0.983. The molecule has 1 aromatic carbocycles. The summed E-state index contributed by atoms with van der Waals surface area (Å²) in [4.78, 5) is 37.1. The molecule has 0 saturated carbocycles. The van der Waals surface area contributed by atoms with E-state index >= 15 is 0 Å². The molecule has 6 nitrogen and oxygen atoms in total. The van der Waals surface area contributed by atoms with E-state index in [1.807, 2.05) is 13.8 Å². The molecule has 29 heavy (non-hydrogen) atoms. The highest BCUT2D eigenvalue weighted by atomic mass is 35.5. The predicted molar refractivity (Wildman–Crippen MR) is 115 cm³/mol. The van der Waals surface area contributed by atoms with Crippen LogP contribution in [-0.2, 0) is 9.59 Å². The van der Waals surface area contributed by atoms with E-state index in [9.17, 15) is 19.5 Å². The number of nitrogens with one attached hydrogen (secondary N) is 2. The van der Waals surface area contributed by atoms with Crippen LogP contribution in [0.5, 0.6) is 0 Å². The van der Waals surface area contributed by atoms with E-state index in [0.29, 0.717) is 34.1 Å². The fourth-order valence-electron chi connectivity index (χ4n) is 3.35. The third kappa shape index (κ3) is 4.86. The third-order valence-electron chi connectivity index (χ3n) is 5.17. The van der Waals surface area contributed by atoms with Gasteiger partial charge >= 0.3 is 5.97 Å². The molecule has 0 bridgehead atoms. The molecule has 0 unspecified atom stereocenters. The van der Waals surface area contributed by atoms with E-state index in [1.165, 1.54) is 11.3 Å². The summed E-state index contributed by atoms with van der Waals surface area (Å²) in [5.41, 5.74) is 2.96. The summed E-state index contributed by atoms with van der Waals surface area (Å²) >= 11 is 7.07. The standard InChI is InChI=1S/C21H21ClN2O4S/c1-11-9-16(17(21(27)28)10-12(11)2)19(26)24-20-15(7-8-29-20)18(25)23-14-5-3-13(22)4-6-14/h3-8,16-17H,9-10H2,1-2H3,(H,23,25)(H,24,26)(H,27,28)/t16-,17-/m0/s1. The van der Waals surface area contributed by atoms with Gasteiger partial charge in [0.15, 0.2) is 0 Å². The summed E-state index contributed by atoms with van der Waals surface area (Å²) in [5, 5.41) is 17.7. The van der Waals surface area contributed by atoms with Gasteiger partial charge in [-0.1, -0.05) is 22.7 Å². The zero-order valence-corrected chi connectivity index (χ0v) is 17.6. The number of aliphatic carboxylic acids is 1. The third-order valence-corrected chi connectivity index (χ3v) is 6.25. The predicted octanol–water partition coefficient (Wildman–Crippen LogP) is 5.04. The van der Waals surface area contributed by atoms with Gasteiger partial charge in [-0.15, -0.1) is 11.3 Å². The van der Waals surface area contributed by atoms with Gasteiger partial charge in [-0.2, -0.15) is 0 Å². The van der Waals surface area contributed by atoms with Crippen LogP contribution < -0.4 is 10.6 Å². The molecular formula is C21H21ClN2O4S. The van der Waals surface area contributed by atoms with Crippen LogP contribution in [0.1, 0.15) is 37.0 Å². The molecule has 8 heteroatoms. The number of allylic oxidation sites excluding steroid dienone is 2. The normalized spacial score (nSPS) is 19.0. The highest BCUT2D eigenvalue weighted by Gasteiger charge is 2.37. The zero-order chi connectivity index (χ0) is 21.1. The maximum Gasteiger partial charge on any atom is 0.307 e. The Morgan fingerprint density at radius 3 is 2.24 bits per heavy atom. The molecule has 2 amide bonds. The van der Waals surface area contributed by atoms with Crippen LogP contribution in [-0.4, -0.2) is 22.9 Å². The molecular weight excluding hydrogens is 412 g/mol. The molecule has 152 valence electrons. The summed E-state index contributed by atoms with van der Waals surface area (Å²) in [7, 11) is 0. The lowest BCUT2D eigenvalue weighted by Crippen LogP contribution is -2.36. The van der Waals surface area contributed by atoms with Crippen LogP contribution in [0.3, 0.4) is 0 Å². The van der Waals surface area contributed by atoms with Crippen molar-refractivity contribution in [3.63, 3.8) is 0 Å². The minimum absolute atomic E-state index is 0.324. The molecule has 0 radical (unpaired) electrons. The summed E-state index contributed by atoms with van der Waals surface area (Å²) in [6.45, 7) is 3.82. The quantitative estimate of drug-likeness (QED) is 0.577. The Bertz CT molecular complexity index is 981. The Morgan fingerprint density at radius 2 is 1.62 bits per heavy atom. The molecule has 1 heterocycles. The molecule has 1 aliphatic carbocycles. The van der Waals surface area contributed by atoms with E-state index in [1.54, 1.807) is 35.7 Å². The molecule has 0 spiro atoms. The summed E-state index contributed by atoms with van der Waals surface area (Å²) < 4.78 is 0. The first-order valence-electron chi connectivity index (χ1n) is 9.09. The number of hydrogen-bond donors (Lipinski definition) is 3. The first kappa shape index (κ1) is 21.1. The lowest BCUT2D eigenvalue weighted by molar-refractivity contribution is -0.146. The van der Waals surface area contributed by atoms with Gasteiger partial charge in [0.2, 0.25) is 5.91 Å². The topological polar surface area (TPSA) is 95.5 Å². The summed E-state index contributed by atoms with van der Waals surface area (Å²) in [5.74, 6) is -3.18. The highest BCUT2D eigenvalue weighted by molar-refractivity contribution is 7.14. The van der Waals surface area contributed by atoms with Crippen molar-refractivity contribution in [2.75, 3.05) is 10.6 Å². The zero-order valence-electron chi connectivity index (χ0n) is 16.0. The number of thiophene rings is 1. The van der Waals surface area contributed by atoms with Gasteiger partial charge in [-0.05, 0) is 62.4 Å². The van der Waals surface area contributed by atoms with Crippen molar-refractivity contribution in [1.82, 2.24) is 0 Å². The lowest BCUT2D eigenvalue weighted by atomic mass is 9.76. The number of carboxylic acid groups (broad SMARTS) is 1. The van der Waals surface area contributed by atoms with Crippen molar-refractivity contribution in [1.29, 1.82) is 0 Å². The van der Waals surface area contributed by atoms with Gasteiger partial charge < -0.3 is 15.7 Å². The number of carbonyl (C=O) groups is 3. The summed E-state index contributed by atoms with van der Waals surface area (Å²) in [6.07, 6.45) is 0.750. The maximum absolute atomic E-state index is 12.9. The number of benzene rings is 1. The largest absolute Gasteiger partial charge is 0.481 e. The number of halogens is 1. The van der Waals surface area contributed by atoms with Crippen LogP contribution in [0, 0.1) is 11.8 Å². The van der Waals surface area contributed by atoms with Crippen LogP contribution in [0.4, 0.5) is 10.7 Å². The number of hydrogen-bond acceptors (Lipinski definition) is 4. The maximum atomic E-state index is 12.9. The van der Waals surface area contributed by atoms with Crippen LogP contribution in [0.15, 0.2) is 46.9 Å². The first-order chi connectivity index (χ1) is 13.8. The summed E-state index contributed by atoms with van der Waals surface area (Å²) in [6, 6.07) is 8.32. The minimum Gasteiger partial charge on any atom is -0.481 e. The molecule has 3 N–H and O–H groups in total. The van der Waals surface area contributed by atoms with Crippen molar-refractivity contribution in [2.24, 2.45) is 11.8 Å². The smallest absolute Gasteiger partial charge is 0.307 e. The molecule has 1 aliphatic rings. The Morgan fingerprint density at radius 1 is 1.00 bits per heavy atom. The number of rotatable bonds is 5. The van der Waals surface area contributed by atoms with Crippen LogP contribution >= 0.6 is 22.9 Å². The average Bonchev–Trinajstić information content (AvgIpc) is 3.13. The van der Waals surface area contributed by atoms with Gasteiger partial charge in [-0.3, -0.25) is 14.4 Å². The van der Waals surface area contributed by atoms with E-state index in [2.05, 4.69) is 10.6 Å². The molecule has 3 rings (SSSR count). The van der Waals surface area contributed by atoms with Gasteiger partial charge in [0, 0.05) is 10.7 Å². The number of carboxylic acids is 1. The van der Waals surface area contributed by atoms with Crippen LogP contribution in [0.25, 0.3) is 0 Å². The fourth-order valence-corrected chi connectivity index (χ4v) is 4.26. The van der Waals surface area contributed by atoms with Crippen LogP contribution in [0.2, 0.25) is 5.02 Å². The second-order valence-electron chi connectivity index (χ2n) is 7.13. The molecule has 0 fully saturated rings. The van der Waals surface area contributed by atoms with Crippen molar-refractivity contribution in [3.05, 3.63) is 57.4 Å². The second kappa shape index (κ2) is 8.80.